The summed E-state index contributed by atoms with van der Waals surface area (Å²) in [6.07, 6.45) is 1.73. The number of nitrogens with one attached hydrogen (secondary N) is 1. The quantitative estimate of drug-likeness (QED) is 0.743. The molecule has 2 heterocycles. The Morgan fingerprint density at radius 3 is 2.18 bits per heavy atom. The molecule has 0 saturated carbocycles. The maximum Gasteiger partial charge on any atom is 0.255 e. The Kier molecular flexibility index (Phi) is 5.64. The topological polar surface area (TPSA) is 48.5 Å². The van der Waals surface area contributed by atoms with Crippen LogP contribution in [0.3, 0.4) is 0 Å². The highest BCUT2D eigenvalue weighted by atomic mass is 16.1. The molecule has 5 heteroatoms. The Morgan fingerprint density at radius 1 is 0.857 bits per heavy atom. The average Bonchev–Trinajstić information content (AvgIpc) is 2.76. The van der Waals surface area contributed by atoms with Crippen molar-refractivity contribution in [2.75, 3.05) is 36.4 Å². The number of rotatable bonds is 5. The number of hydrogen-bond acceptors (Lipinski definition) is 4. The minimum absolute atomic E-state index is 0.121. The molecule has 5 nitrogen and oxygen atoms in total. The largest absolute Gasteiger partial charge is 0.354 e. The second-order valence-electron chi connectivity index (χ2n) is 6.97. The van der Waals surface area contributed by atoms with E-state index in [1.807, 2.05) is 30.3 Å². The fourth-order valence-electron chi connectivity index (χ4n) is 3.42. The van der Waals surface area contributed by atoms with E-state index >= 15 is 0 Å². The Morgan fingerprint density at radius 2 is 1.54 bits per heavy atom. The van der Waals surface area contributed by atoms with Crippen LogP contribution in [0.5, 0.6) is 0 Å². The summed E-state index contributed by atoms with van der Waals surface area (Å²) in [6, 6.07) is 23.7. The average molecular weight is 372 g/mol. The molecule has 0 spiro atoms. The van der Waals surface area contributed by atoms with Gasteiger partial charge in [-0.25, -0.2) is 4.98 Å². The lowest BCUT2D eigenvalue weighted by Gasteiger charge is -2.35. The fraction of sp³-hybridized carbons (Fsp3) is 0.217. The molecule has 0 radical (unpaired) electrons. The van der Waals surface area contributed by atoms with Crippen LogP contribution in [0.4, 0.5) is 11.5 Å². The number of hydrogen-bond donors (Lipinski definition) is 1. The molecule has 1 fully saturated rings. The van der Waals surface area contributed by atoms with Crippen molar-refractivity contribution < 1.29 is 4.79 Å². The maximum absolute atomic E-state index is 12.2. The number of anilines is 2. The van der Waals surface area contributed by atoms with Crippen molar-refractivity contribution in [2.24, 2.45) is 0 Å². The summed E-state index contributed by atoms with van der Waals surface area (Å²) in [5.74, 6) is 0.835. The van der Waals surface area contributed by atoms with Gasteiger partial charge in [0.25, 0.3) is 5.91 Å². The lowest BCUT2D eigenvalue weighted by atomic mass is 10.2. The molecule has 3 aromatic rings. The van der Waals surface area contributed by atoms with E-state index in [-0.39, 0.29) is 5.91 Å². The van der Waals surface area contributed by atoms with Crippen LogP contribution in [0, 0.1) is 0 Å². The van der Waals surface area contributed by atoms with E-state index in [0.29, 0.717) is 11.3 Å². The molecule has 0 atom stereocenters. The van der Waals surface area contributed by atoms with Crippen LogP contribution in [0.15, 0.2) is 79.0 Å². The Labute approximate surface area is 165 Å². The first-order valence-corrected chi connectivity index (χ1v) is 9.61. The number of amides is 1. The van der Waals surface area contributed by atoms with E-state index < -0.39 is 0 Å². The highest BCUT2D eigenvalue weighted by Crippen LogP contribution is 2.18. The molecule has 1 aliphatic heterocycles. The molecular weight excluding hydrogens is 348 g/mol. The summed E-state index contributed by atoms with van der Waals surface area (Å²) < 4.78 is 0. The van der Waals surface area contributed by atoms with Crippen LogP contribution >= 0.6 is 0 Å². The lowest BCUT2D eigenvalue weighted by molar-refractivity contribution is 0.102. The molecule has 0 aliphatic carbocycles. The first-order chi connectivity index (χ1) is 13.8. The van der Waals surface area contributed by atoms with E-state index in [1.165, 1.54) is 5.56 Å². The van der Waals surface area contributed by atoms with Crippen LogP contribution in [0.1, 0.15) is 15.9 Å². The summed E-state index contributed by atoms with van der Waals surface area (Å²) in [7, 11) is 0. The number of aromatic nitrogens is 1. The highest BCUT2D eigenvalue weighted by molar-refractivity contribution is 6.04. The van der Waals surface area contributed by atoms with Gasteiger partial charge in [-0.15, -0.1) is 0 Å². The molecule has 1 N–H and O–H groups in total. The molecule has 1 aromatic heterocycles. The maximum atomic E-state index is 12.2. The summed E-state index contributed by atoms with van der Waals surface area (Å²) >= 11 is 0. The number of pyridine rings is 1. The van der Waals surface area contributed by atoms with Crippen LogP contribution in [0.2, 0.25) is 0 Å². The van der Waals surface area contributed by atoms with Crippen molar-refractivity contribution in [1.82, 2.24) is 9.88 Å². The predicted molar refractivity (Wildman–Crippen MR) is 113 cm³/mol. The standard InChI is InChI=1S/C23H24N4O/c28-23(20-9-5-2-6-10-20)25-21-11-12-22(24-17-21)27-15-13-26(14-16-27)18-19-7-3-1-4-8-19/h1-12,17H,13-16,18H2,(H,25,28). The van der Waals surface area contributed by atoms with Gasteiger partial charge < -0.3 is 10.2 Å². The third kappa shape index (κ3) is 4.56. The van der Waals surface area contributed by atoms with Crippen molar-refractivity contribution in [3.63, 3.8) is 0 Å². The van der Waals surface area contributed by atoms with Gasteiger partial charge >= 0.3 is 0 Å². The Bertz CT molecular complexity index is 889. The van der Waals surface area contributed by atoms with Gasteiger partial charge in [0.1, 0.15) is 5.82 Å². The number of nitrogens with zero attached hydrogens (tertiary/aromatic N) is 3. The first kappa shape index (κ1) is 18.2. The normalized spacial score (nSPS) is 14.6. The van der Waals surface area contributed by atoms with Gasteiger partial charge in [0.2, 0.25) is 0 Å². The van der Waals surface area contributed by atoms with Gasteiger partial charge in [-0.2, -0.15) is 0 Å². The smallest absolute Gasteiger partial charge is 0.255 e. The zero-order chi connectivity index (χ0) is 19.2. The second-order valence-corrected chi connectivity index (χ2v) is 6.97. The second kappa shape index (κ2) is 8.67. The summed E-state index contributed by atoms with van der Waals surface area (Å²) in [5.41, 5.74) is 2.70. The van der Waals surface area contributed by atoms with Crippen LogP contribution in [-0.2, 0) is 6.54 Å². The van der Waals surface area contributed by atoms with E-state index in [4.69, 9.17) is 0 Å². The highest BCUT2D eigenvalue weighted by Gasteiger charge is 2.18. The van der Waals surface area contributed by atoms with Gasteiger partial charge in [-0.1, -0.05) is 48.5 Å². The first-order valence-electron chi connectivity index (χ1n) is 9.61. The van der Waals surface area contributed by atoms with Gasteiger partial charge in [0.05, 0.1) is 11.9 Å². The number of carbonyl (C=O) groups excluding carboxylic acids is 1. The lowest BCUT2D eigenvalue weighted by Crippen LogP contribution is -2.46. The molecule has 1 aliphatic rings. The molecule has 4 rings (SSSR count). The fourth-order valence-corrected chi connectivity index (χ4v) is 3.42. The zero-order valence-electron chi connectivity index (χ0n) is 15.8. The van der Waals surface area contributed by atoms with Gasteiger partial charge in [0.15, 0.2) is 0 Å². The minimum atomic E-state index is -0.121. The third-order valence-corrected chi connectivity index (χ3v) is 4.99. The van der Waals surface area contributed by atoms with Crippen molar-refractivity contribution in [3.05, 3.63) is 90.1 Å². The Hall–Kier alpha value is -3.18. The van der Waals surface area contributed by atoms with Gasteiger partial charge in [0, 0.05) is 38.3 Å². The molecule has 1 amide bonds. The van der Waals surface area contributed by atoms with Crippen LogP contribution < -0.4 is 10.2 Å². The monoisotopic (exact) mass is 372 g/mol. The molecular formula is C23H24N4O. The molecule has 2 aromatic carbocycles. The molecule has 0 unspecified atom stereocenters. The summed E-state index contributed by atoms with van der Waals surface area (Å²) in [6.45, 7) is 4.93. The number of benzene rings is 2. The van der Waals surface area contributed by atoms with Crippen LogP contribution in [-0.4, -0.2) is 42.0 Å². The van der Waals surface area contributed by atoms with E-state index in [0.717, 1.165) is 38.5 Å². The minimum Gasteiger partial charge on any atom is -0.354 e. The van der Waals surface area contributed by atoms with Crippen molar-refractivity contribution in [3.8, 4) is 0 Å². The Balaban J connectivity index is 1.30. The molecule has 0 bridgehead atoms. The van der Waals surface area contributed by atoms with Crippen molar-refractivity contribution in [2.45, 2.75) is 6.54 Å². The van der Waals surface area contributed by atoms with E-state index in [2.05, 4.69) is 50.4 Å². The van der Waals surface area contributed by atoms with Crippen molar-refractivity contribution in [1.29, 1.82) is 0 Å². The van der Waals surface area contributed by atoms with Gasteiger partial charge in [-0.3, -0.25) is 9.69 Å². The molecule has 1 saturated heterocycles. The molecule has 28 heavy (non-hydrogen) atoms. The van der Waals surface area contributed by atoms with E-state index in [9.17, 15) is 4.79 Å². The summed E-state index contributed by atoms with van der Waals surface area (Å²) in [4.78, 5) is 21.6. The summed E-state index contributed by atoms with van der Waals surface area (Å²) in [5, 5.41) is 2.89. The van der Waals surface area contributed by atoms with E-state index in [1.54, 1.807) is 18.3 Å². The number of carbonyl (C=O) groups is 1. The van der Waals surface area contributed by atoms with Crippen LogP contribution in [0.25, 0.3) is 0 Å². The zero-order valence-corrected chi connectivity index (χ0v) is 15.8. The third-order valence-electron chi connectivity index (χ3n) is 4.99. The number of piperazine rings is 1. The van der Waals surface area contributed by atoms with Crippen molar-refractivity contribution >= 4 is 17.4 Å². The van der Waals surface area contributed by atoms with Gasteiger partial charge in [-0.05, 0) is 29.8 Å². The predicted octanol–water partition coefficient (Wildman–Crippen LogP) is 3.66. The molecule has 142 valence electrons. The SMILES string of the molecule is O=C(Nc1ccc(N2CCN(Cc3ccccc3)CC2)nc1)c1ccccc1.